The van der Waals surface area contributed by atoms with E-state index in [9.17, 15) is 42.4 Å². The van der Waals surface area contributed by atoms with Gasteiger partial charge in [-0.05, 0) is 0 Å². The van der Waals surface area contributed by atoms with Crippen molar-refractivity contribution >= 4 is 64.0 Å². The summed E-state index contributed by atoms with van der Waals surface area (Å²) in [4.78, 5) is 115. The second kappa shape index (κ2) is 17.1. The van der Waals surface area contributed by atoms with Crippen LogP contribution in [-0.2, 0) is 45.1 Å². The maximum Gasteiger partial charge on any atom is 0.478 e. The first-order valence-electron chi connectivity index (χ1n) is 10.5. The number of aliphatic hydroxyl groups excluding tert-OH is 3. The monoisotopic (exact) mass is 817 g/mol. The Balaban J connectivity index is 0.000000665. The molecular formula is C10H25N5O26P6. The SMILES string of the molecule is Nc1nc2c(ncn2[C@@H]2O[C@H](CO)[C@@H](O)[C@H]2O)c(=O)[nH]1.O=P(O)(O)OP(=O)(O)O.O=P(O)(O)OP(=O)(O)O.O=P(O)(O)OP(=O)(O)O. The molecule has 1 aliphatic rings. The van der Waals surface area contributed by atoms with E-state index >= 15 is 0 Å². The van der Waals surface area contributed by atoms with Crippen LogP contribution in [0.1, 0.15) is 6.23 Å². The number of phosphoric acid groups is 6. The van der Waals surface area contributed by atoms with Crippen molar-refractivity contribution in [1.29, 1.82) is 0 Å². The highest BCUT2D eigenvalue weighted by Gasteiger charge is 2.44. The molecule has 0 unspecified atom stereocenters. The Bertz CT molecular complexity index is 1510. The van der Waals surface area contributed by atoms with Crippen LogP contribution < -0.4 is 11.3 Å². The topological polar surface area (TPSA) is 532 Å². The van der Waals surface area contributed by atoms with Gasteiger partial charge in [-0.25, -0.2) is 32.4 Å². The maximum atomic E-state index is 11.7. The van der Waals surface area contributed by atoms with Gasteiger partial charge in [0.05, 0.1) is 12.9 Å². The molecule has 0 radical (unpaired) electrons. The molecule has 0 aliphatic carbocycles. The van der Waals surface area contributed by atoms with Gasteiger partial charge < -0.3 is 84.5 Å². The van der Waals surface area contributed by atoms with Crippen LogP contribution in [0.25, 0.3) is 11.2 Å². The van der Waals surface area contributed by atoms with Gasteiger partial charge in [-0.15, -0.1) is 0 Å². The molecule has 1 saturated heterocycles. The van der Waals surface area contributed by atoms with Crippen molar-refractivity contribution in [3.8, 4) is 0 Å². The number of aromatic nitrogens is 4. The lowest BCUT2D eigenvalue weighted by Gasteiger charge is -2.16. The number of imidazole rings is 1. The highest BCUT2D eigenvalue weighted by molar-refractivity contribution is 7.61. The minimum Gasteiger partial charge on any atom is -0.394 e. The molecule has 2 aromatic rings. The summed E-state index contributed by atoms with van der Waals surface area (Å²) in [6, 6.07) is 0. The van der Waals surface area contributed by atoms with E-state index in [2.05, 4.69) is 27.9 Å². The zero-order valence-electron chi connectivity index (χ0n) is 21.9. The van der Waals surface area contributed by atoms with Gasteiger partial charge in [-0.1, -0.05) is 0 Å². The number of hydrogen-bond acceptors (Lipinski definition) is 17. The van der Waals surface area contributed by atoms with E-state index in [4.69, 9.17) is 74.3 Å². The fourth-order valence-corrected chi connectivity index (χ4v) is 5.98. The first kappa shape index (κ1) is 45.8. The largest absolute Gasteiger partial charge is 0.478 e. The Morgan fingerprint density at radius 3 is 1.38 bits per heavy atom. The molecule has 3 rings (SSSR count). The summed E-state index contributed by atoms with van der Waals surface area (Å²) < 4.78 is 73.3. The number of hydrogen-bond donors (Lipinski definition) is 17. The average molecular weight is 817 g/mol. The van der Waals surface area contributed by atoms with Crippen LogP contribution in [0.2, 0.25) is 0 Å². The quantitative estimate of drug-likeness (QED) is 0.111. The second-order valence-electron chi connectivity index (χ2n) is 7.69. The molecule has 1 aliphatic heterocycles. The smallest absolute Gasteiger partial charge is 0.394 e. The van der Waals surface area contributed by atoms with Crippen molar-refractivity contribution in [1.82, 2.24) is 19.5 Å². The van der Waals surface area contributed by atoms with Crippen molar-refractivity contribution in [2.75, 3.05) is 12.3 Å². The Labute approximate surface area is 256 Å². The van der Waals surface area contributed by atoms with Gasteiger partial charge in [0, 0.05) is 0 Å². The predicted molar refractivity (Wildman–Crippen MR) is 141 cm³/mol. The maximum absolute atomic E-state index is 11.7. The molecular weight excluding hydrogens is 792 g/mol. The van der Waals surface area contributed by atoms with Crippen molar-refractivity contribution in [3.63, 3.8) is 0 Å². The first-order valence-corrected chi connectivity index (χ1v) is 19.6. The molecule has 4 atom stereocenters. The molecule has 0 aromatic carbocycles. The highest BCUT2D eigenvalue weighted by Crippen LogP contribution is 2.55. The van der Waals surface area contributed by atoms with Gasteiger partial charge in [0.25, 0.3) is 5.56 Å². The van der Waals surface area contributed by atoms with E-state index < -0.39 is 83.6 Å². The van der Waals surface area contributed by atoms with E-state index in [1.807, 2.05) is 0 Å². The lowest BCUT2D eigenvalue weighted by molar-refractivity contribution is -0.0511. The Morgan fingerprint density at radius 1 is 0.745 bits per heavy atom. The molecule has 3 heterocycles. The number of ether oxygens (including phenoxy) is 1. The summed E-state index contributed by atoms with van der Waals surface area (Å²) in [5.74, 6) is -0.101. The normalized spacial score (nSPS) is 20.7. The number of rotatable bonds is 8. The molecule has 0 saturated carbocycles. The van der Waals surface area contributed by atoms with Crippen molar-refractivity contribution in [2.45, 2.75) is 24.5 Å². The molecule has 18 N–H and O–H groups in total. The minimum atomic E-state index is -5.05. The zero-order chi connectivity index (χ0) is 37.6. The van der Waals surface area contributed by atoms with E-state index in [0.29, 0.717) is 0 Å². The summed E-state index contributed by atoms with van der Waals surface area (Å²) in [5, 5.41) is 28.7. The summed E-state index contributed by atoms with van der Waals surface area (Å²) in [7, 11) is -30.3. The van der Waals surface area contributed by atoms with Gasteiger partial charge in [0.1, 0.15) is 18.3 Å². The molecule has 2 aromatic heterocycles. The Hall–Kier alpha value is -1.23. The number of H-pyrrole nitrogens is 1. The predicted octanol–water partition coefficient (Wildman–Crippen LogP) is -5.12. The number of aliphatic hydroxyl groups is 3. The third kappa shape index (κ3) is 20.1. The molecule has 1 fully saturated rings. The van der Waals surface area contributed by atoms with Crippen molar-refractivity contribution in [2.24, 2.45) is 0 Å². The van der Waals surface area contributed by atoms with Crippen LogP contribution in [0, 0.1) is 0 Å². The number of nitrogens with zero attached hydrogens (tertiary/aromatic N) is 3. The third-order valence-electron chi connectivity index (χ3n) is 3.88. The number of anilines is 1. The van der Waals surface area contributed by atoms with Crippen LogP contribution in [0.4, 0.5) is 5.95 Å². The van der Waals surface area contributed by atoms with E-state index in [1.165, 1.54) is 10.9 Å². The molecule has 0 spiro atoms. The van der Waals surface area contributed by atoms with Gasteiger partial charge in [0.15, 0.2) is 17.4 Å². The number of nitrogens with two attached hydrogens (primary N) is 1. The average Bonchev–Trinajstić information content (AvgIpc) is 3.28. The van der Waals surface area contributed by atoms with Crippen LogP contribution in [0.5, 0.6) is 0 Å². The van der Waals surface area contributed by atoms with Crippen molar-refractivity contribution < 1.29 is 119 Å². The minimum absolute atomic E-state index is 0.0388. The third-order valence-corrected chi connectivity index (χ3v) is 8.99. The Morgan fingerprint density at radius 2 is 1.11 bits per heavy atom. The van der Waals surface area contributed by atoms with Crippen LogP contribution in [-0.4, -0.2) is 118 Å². The molecule has 37 heteroatoms. The fourth-order valence-electron chi connectivity index (χ4n) is 2.65. The van der Waals surface area contributed by atoms with Crippen LogP contribution >= 0.6 is 46.9 Å². The molecule has 0 bridgehead atoms. The standard InChI is InChI=1S/C10H13N5O5.3H4O7P2/c11-10-13-7-4(8(19)14-10)12-2-15(7)9-6(18)5(17)3(1-16)20-9;3*1-8(2,3)7-9(4,5)6/h2-3,5-6,9,16-18H,1H2,(H3,11,13,14,19);3*(H2,1,2,3)(H2,4,5,6)/t3-,5-,6-,9-;;;/m1.../s1. The van der Waals surface area contributed by atoms with Crippen molar-refractivity contribution in [3.05, 3.63) is 16.7 Å². The lowest BCUT2D eigenvalue weighted by atomic mass is 10.1. The molecule has 276 valence electrons. The lowest BCUT2D eigenvalue weighted by Crippen LogP contribution is -2.33. The van der Waals surface area contributed by atoms with E-state index in [0.717, 1.165) is 0 Å². The summed E-state index contributed by atoms with van der Waals surface area (Å²) in [5.41, 5.74) is 5.12. The number of aromatic amines is 1. The summed E-state index contributed by atoms with van der Waals surface area (Å²) in [6.45, 7) is -0.447. The second-order valence-corrected chi connectivity index (χ2v) is 15.5. The van der Waals surface area contributed by atoms with Gasteiger partial charge >= 0.3 is 46.9 Å². The van der Waals surface area contributed by atoms with Gasteiger partial charge in [0.2, 0.25) is 5.95 Å². The number of nitrogens with one attached hydrogen (secondary N) is 1. The number of nitrogen functional groups attached to an aromatic ring is 1. The molecule has 31 nitrogen and oxygen atoms in total. The zero-order valence-corrected chi connectivity index (χ0v) is 27.3. The Kier molecular flexibility index (Phi) is 16.7. The fraction of sp³-hybridized carbons (Fsp3) is 0.500. The molecule has 47 heavy (non-hydrogen) atoms. The highest BCUT2D eigenvalue weighted by atomic mass is 31.3. The van der Waals surface area contributed by atoms with E-state index in [-0.39, 0.29) is 17.1 Å². The summed E-state index contributed by atoms with van der Waals surface area (Å²) in [6.07, 6.45) is -3.21. The van der Waals surface area contributed by atoms with Crippen LogP contribution in [0.3, 0.4) is 0 Å². The van der Waals surface area contributed by atoms with E-state index in [1.54, 1.807) is 0 Å². The summed E-state index contributed by atoms with van der Waals surface area (Å²) >= 11 is 0. The van der Waals surface area contributed by atoms with Gasteiger partial charge in [-0.2, -0.15) is 17.9 Å². The first-order chi connectivity index (χ1) is 20.6. The molecule has 0 amide bonds. The van der Waals surface area contributed by atoms with Gasteiger partial charge in [-0.3, -0.25) is 14.3 Å². The van der Waals surface area contributed by atoms with Crippen LogP contribution in [0.15, 0.2) is 11.1 Å². The number of fused-ring (bicyclic) bond motifs is 1.